The van der Waals surface area contributed by atoms with Gasteiger partial charge in [-0.1, -0.05) is 48.5 Å². The Labute approximate surface area is 140 Å². The van der Waals surface area contributed by atoms with Gasteiger partial charge in [0.25, 0.3) is 0 Å². The summed E-state index contributed by atoms with van der Waals surface area (Å²) in [5, 5.41) is 23.0. The molecule has 0 fully saturated rings. The van der Waals surface area contributed by atoms with Crippen LogP contribution in [0.15, 0.2) is 54.3 Å². The highest BCUT2D eigenvalue weighted by atomic mass is 16.3. The standard InChI is InChI=1S/C21H17NO2/c1-13(23)20(14(2)24)21-18-9-5-3-7-15(18)17(11-12-22)16-8-4-6-10-19(16)21/h3-10,23H,11H2,1-2H3. The maximum Gasteiger partial charge on any atom is 0.163 e. The maximum atomic E-state index is 12.2. The Morgan fingerprint density at radius 3 is 1.79 bits per heavy atom. The molecule has 0 radical (unpaired) electrons. The number of nitriles is 1. The van der Waals surface area contributed by atoms with E-state index in [0.717, 1.165) is 32.7 Å². The van der Waals surface area contributed by atoms with Crippen LogP contribution in [0, 0.1) is 11.3 Å². The van der Waals surface area contributed by atoms with Crippen LogP contribution in [0.3, 0.4) is 0 Å². The van der Waals surface area contributed by atoms with Crippen LogP contribution in [-0.4, -0.2) is 10.9 Å². The molecule has 0 saturated carbocycles. The van der Waals surface area contributed by atoms with Crippen LogP contribution in [0.25, 0.3) is 27.1 Å². The molecule has 3 rings (SSSR count). The highest BCUT2D eigenvalue weighted by Crippen LogP contribution is 2.38. The van der Waals surface area contributed by atoms with Gasteiger partial charge in [0.15, 0.2) is 5.78 Å². The fraction of sp³-hybridized carbons (Fsp3) is 0.143. The van der Waals surface area contributed by atoms with Gasteiger partial charge in [-0.05, 0) is 41.0 Å². The van der Waals surface area contributed by atoms with Crippen LogP contribution < -0.4 is 0 Å². The van der Waals surface area contributed by atoms with E-state index in [-0.39, 0.29) is 11.5 Å². The number of carbonyl (C=O) groups excluding carboxylic acids is 1. The molecule has 0 aliphatic heterocycles. The van der Waals surface area contributed by atoms with E-state index in [2.05, 4.69) is 6.07 Å². The van der Waals surface area contributed by atoms with Crippen molar-refractivity contribution in [2.24, 2.45) is 0 Å². The molecule has 118 valence electrons. The second-order valence-electron chi connectivity index (χ2n) is 5.80. The van der Waals surface area contributed by atoms with Crippen LogP contribution in [-0.2, 0) is 11.2 Å². The number of rotatable bonds is 3. The Kier molecular flexibility index (Phi) is 4.05. The molecule has 0 amide bonds. The third kappa shape index (κ3) is 2.43. The first-order valence-corrected chi connectivity index (χ1v) is 7.76. The monoisotopic (exact) mass is 315 g/mol. The summed E-state index contributed by atoms with van der Waals surface area (Å²) in [4.78, 5) is 12.2. The topological polar surface area (TPSA) is 61.1 Å². The molecule has 0 aromatic heterocycles. The summed E-state index contributed by atoms with van der Waals surface area (Å²) in [6, 6.07) is 17.7. The SMILES string of the molecule is CC(=O)C(=C(C)O)c1c2ccccc2c(CC#N)c2ccccc12. The molecule has 0 saturated heterocycles. The lowest BCUT2D eigenvalue weighted by Gasteiger charge is -2.17. The Balaban J connectivity index is 2.63. The highest BCUT2D eigenvalue weighted by molar-refractivity contribution is 6.28. The van der Waals surface area contributed by atoms with E-state index in [0.29, 0.717) is 12.0 Å². The third-order valence-electron chi connectivity index (χ3n) is 4.26. The van der Waals surface area contributed by atoms with Gasteiger partial charge in [-0.2, -0.15) is 5.26 Å². The van der Waals surface area contributed by atoms with Gasteiger partial charge in [-0.3, -0.25) is 4.79 Å². The molecule has 24 heavy (non-hydrogen) atoms. The molecule has 3 nitrogen and oxygen atoms in total. The normalized spacial score (nSPS) is 12.0. The first-order valence-electron chi connectivity index (χ1n) is 7.76. The lowest BCUT2D eigenvalue weighted by atomic mass is 9.86. The lowest BCUT2D eigenvalue weighted by molar-refractivity contribution is -0.111. The molecular weight excluding hydrogens is 298 g/mol. The largest absolute Gasteiger partial charge is 0.512 e. The first-order chi connectivity index (χ1) is 11.6. The number of nitrogens with zero attached hydrogens (tertiary/aromatic N) is 1. The fourth-order valence-electron chi connectivity index (χ4n) is 3.37. The number of fused-ring (bicyclic) bond motifs is 2. The Bertz CT molecular complexity index is 978. The van der Waals surface area contributed by atoms with Crippen molar-refractivity contribution in [2.75, 3.05) is 0 Å². The van der Waals surface area contributed by atoms with Crippen molar-refractivity contribution in [1.82, 2.24) is 0 Å². The average molecular weight is 315 g/mol. The number of hydrogen-bond acceptors (Lipinski definition) is 3. The number of benzene rings is 3. The molecule has 3 heteroatoms. The van der Waals surface area contributed by atoms with Crippen molar-refractivity contribution >= 4 is 32.9 Å². The molecule has 0 unspecified atom stereocenters. The Hall–Kier alpha value is -3.12. The summed E-state index contributed by atoms with van der Waals surface area (Å²) in [6.45, 7) is 2.99. The summed E-state index contributed by atoms with van der Waals surface area (Å²) in [7, 11) is 0. The molecule has 3 aromatic rings. The molecule has 0 atom stereocenters. The lowest BCUT2D eigenvalue weighted by Crippen LogP contribution is -2.03. The predicted molar refractivity (Wildman–Crippen MR) is 96.7 cm³/mol. The number of Topliss-reactive ketones (excluding diaryl/α,β-unsaturated/α-hetero) is 1. The van der Waals surface area contributed by atoms with E-state index in [9.17, 15) is 15.2 Å². The minimum Gasteiger partial charge on any atom is -0.512 e. The molecule has 0 aliphatic carbocycles. The quantitative estimate of drug-likeness (QED) is 0.423. The van der Waals surface area contributed by atoms with Crippen molar-refractivity contribution in [3.05, 3.63) is 65.4 Å². The van der Waals surface area contributed by atoms with Crippen molar-refractivity contribution in [3.63, 3.8) is 0 Å². The van der Waals surface area contributed by atoms with E-state index in [1.165, 1.54) is 13.8 Å². The van der Waals surface area contributed by atoms with E-state index in [1.807, 2.05) is 48.5 Å². The van der Waals surface area contributed by atoms with Gasteiger partial charge < -0.3 is 5.11 Å². The van der Waals surface area contributed by atoms with Gasteiger partial charge >= 0.3 is 0 Å². The van der Waals surface area contributed by atoms with Gasteiger partial charge in [0.2, 0.25) is 0 Å². The second-order valence-corrected chi connectivity index (χ2v) is 5.80. The van der Waals surface area contributed by atoms with Crippen LogP contribution in [0.1, 0.15) is 25.0 Å². The summed E-state index contributed by atoms with van der Waals surface area (Å²) in [5.74, 6) is -0.177. The van der Waals surface area contributed by atoms with Crippen LogP contribution in [0.5, 0.6) is 0 Å². The van der Waals surface area contributed by atoms with E-state index in [4.69, 9.17) is 0 Å². The molecule has 1 N–H and O–H groups in total. The van der Waals surface area contributed by atoms with Gasteiger partial charge in [0.1, 0.15) is 5.76 Å². The van der Waals surface area contributed by atoms with Gasteiger partial charge in [-0.25, -0.2) is 0 Å². The zero-order valence-electron chi connectivity index (χ0n) is 13.6. The van der Waals surface area contributed by atoms with E-state index >= 15 is 0 Å². The summed E-state index contributed by atoms with van der Waals surface area (Å²) >= 11 is 0. The molecule has 0 heterocycles. The summed E-state index contributed by atoms with van der Waals surface area (Å²) < 4.78 is 0. The zero-order chi connectivity index (χ0) is 17.3. The van der Waals surface area contributed by atoms with E-state index in [1.54, 1.807) is 0 Å². The highest BCUT2D eigenvalue weighted by Gasteiger charge is 2.20. The predicted octanol–water partition coefficient (Wildman–Crippen LogP) is 4.94. The summed E-state index contributed by atoms with van der Waals surface area (Å²) in [5.41, 5.74) is 2.01. The number of aliphatic hydroxyl groups excluding tert-OH is 1. The number of ketones is 1. The van der Waals surface area contributed by atoms with Gasteiger partial charge in [-0.15, -0.1) is 0 Å². The van der Waals surface area contributed by atoms with Crippen molar-refractivity contribution in [3.8, 4) is 6.07 Å². The van der Waals surface area contributed by atoms with Crippen molar-refractivity contribution < 1.29 is 9.90 Å². The molecular formula is C21H17NO2. The second kappa shape index (κ2) is 6.17. The number of allylic oxidation sites excluding steroid dienone is 2. The van der Waals surface area contributed by atoms with E-state index < -0.39 is 0 Å². The molecule has 3 aromatic carbocycles. The smallest absolute Gasteiger partial charge is 0.163 e. The third-order valence-corrected chi connectivity index (χ3v) is 4.26. The maximum absolute atomic E-state index is 12.2. The average Bonchev–Trinajstić information content (AvgIpc) is 2.57. The number of aliphatic hydroxyl groups is 1. The van der Waals surface area contributed by atoms with Crippen LogP contribution in [0.2, 0.25) is 0 Å². The zero-order valence-corrected chi connectivity index (χ0v) is 13.6. The van der Waals surface area contributed by atoms with Crippen molar-refractivity contribution in [1.29, 1.82) is 5.26 Å². The Morgan fingerprint density at radius 2 is 1.42 bits per heavy atom. The molecule has 0 spiro atoms. The molecule has 0 bridgehead atoms. The van der Waals surface area contributed by atoms with Crippen molar-refractivity contribution in [2.45, 2.75) is 20.3 Å². The Morgan fingerprint density at radius 1 is 0.958 bits per heavy atom. The van der Waals surface area contributed by atoms with Crippen LogP contribution in [0.4, 0.5) is 0 Å². The first kappa shape index (κ1) is 15.8. The number of hydrogen-bond donors (Lipinski definition) is 1. The van der Waals surface area contributed by atoms with Gasteiger partial charge in [0.05, 0.1) is 18.1 Å². The summed E-state index contributed by atoms with van der Waals surface area (Å²) in [6.07, 6.45) is 0.290. The molecule has 0 aliphatic rings. The number of carbonyl (C=O) groups is 1. The minimum absolute atomic E-state index is 0.00541. The fourth-order valence-corrected chi connectivity index (χ4v) is 3.37. The minimum atomic E-state index is -0.182. The van der Waals surface area contributed by atoms with Gasteiger partial charge in [0, 0.05) is 5.56 Å². The van der Waals surface area contributed by atoms with Crippen LogP contribution >= 0.6 is 0 Å².